The van der Waals surface area contributed by atoms with Gasteiger partial charge in [0.2, 0.25) is 0 Å². The fourth-order valence-electron chi connectivity index (χ4n) is 3.39. The third kappa shape index (κ3) is 7.22. The van der Waals surface area contributed by atoms with Gasteiger partial charge in [-0.1, -0.05) is 31.7 Å². The summed E-state index contributed by atoms with van der Waals surface area (Å²) >= 11 is 0. The van der Waals surface area contributed by atoms with Gasteiger partial charge in [0.25, 0.3) is 0 Å². The van der Waals surface area contributed by atoms with Crippen molar-refractivity contribution in [1.82, 2.24) is 9.80 Å². The second-order valence-electron chi connectivity index (χ2n) is 8.38. The summed E-state index contributed by atoms with van der Waals surface area (Å²) in [5, 5.41) is 0. The number of hydrogen-bond donors (Lipinski definition) is 0. The molecule has 0 aromatic carbocycles. The number of carbonyl (C=O) groups is 1. The summed E-state index contributed by atoms with van der Waals surface area (Å²) in [5.74, 6) is 0. The molecule has 5 heteroatoms. The van der Waals surface area contributed by atoms with Crippen LogP contribution in [-0.4, -0.2) is 52.9 Å². The van der Waals surface area contributed by atoms with Crippen LogP contribution in [0.1, 0.15) is 61.8 Å². The Labute approximate surface area is 177 Å². The molecule has 1 amide bonds. The number of rotatable bonds is 6. The van der Waals surface area contributed by atoms with E-state index in [0.717, 1.165) is 42.1 Å². The predicted molar refractivity (Wildman–Crippen MR) is 123 cm³/mol. The average Bonchev–Trinajstić information content (AvgIpc) is 2.63. The van der Waals surface area contributed by atoms with E-state index in [4.69, 9.17) is 4.74 Å². The highest BCUT2D eigenvalue weighted by Gasteiger charge is 2.31. The summed E-state index contributed by atoms with van der Waals surface area (Å²) in [6.45, 7) is 22.1. The minimum Gasteiger partial charge on any atom is -0.444 e. The van der Waals surface area contributed by atoms with Gasteiger partial charge in [-0.3, -0.25) is 4.99 Å². The van der Waals surface area contributed by atoms with Gasteiger partial charge >= 0.3 is 6.09 Å². The number of carbonyl (C=O) groups excluding carboxylic acids is 1. The Bertz CT molecular complexity index is 708. The van der Waals surface area contributed by atoms with Crippen molar-refractivity contribution in [3.63, 3.8) is 0 Å². The molecule has 1 fully saturated rings. The Kier molecular flexibility index (Phi) is 9.41. The summed E-state index contributed by atoms with van der Waals surface area (Å²) < 4.78 is 5.56. The van der Waals surface area contributed by atoms with E-state index in [1.54, 1.807) is 0 Å². The molecular weight excluding hydrogens is 362 g/mol. The highest BCUT2D eigenvalue weighted by atomic mass is 16.6. The van der Waals surface area contributed by atoms with Crippen molar-refractivity contribution >= 4 is 11.8 Å². The van der Waals surface area contributed by atoms with Gasteiger partial charge in [0, 0.05) is 48.9 Å². The lowest BCUT2D eigenvalue weighted by Crippen LogP contribution is -2.54. The van der Waals surface area contributed by atoms with Gasteiger partial charge < -0.3 is 14.5 Å². The first-order chi connectivity index (χ1) is 13.6. The first-order valence-corrected chi connectivity index (χ1v) is 10.5. The van der Waals surface area contributed by atoms with E-state index < -0.39 is 5.60 Å². The van der Waals surface area contributed by atoms with Crippen LogP contribution in [0.15, 0.2) is 52.8 Å². The quantitative estimate of drug-likeness (QED) is 0.422. The largest absolute Gasteiger partial charge is 0.444 e. The van der Waals surface area contributed by atoms with Crippen LogP contribution < -0.4 is 0 Å². The molecule has 1 aliphatic rings. The maximum atomic E-state index is 12.5. The van der Waals surface area contributed by atoms with Gasteiger partial charge in [-0.2, -0.15) is 0 Å². The molecule has 0 aromatic rings. The lowest BCUT2D eigenvalue weighted by Gasteiger charge is -2.42. The minimum absolute atomic E-state index is 0.0600. The number of piperazine rings is 1. The molecule has 1 atom stereocenters. The summed E-state index contributed by atoms with van der Waals surface area (Å²) in [4.78, 5) is 21.3. The first kappa shape index (κ1) is 24.7. The zero-order chi connectivity index (χ0) is 22.2. The van der Waals surface area contributed by atoms with Crippen molar-refractivity contribution in [2.45, 2.75) is 73.5 Å². The summed E-state index contributed by atoms with van der Waals surface area (Å²) in [5.41, 5.74) is 3.79. The zero-order valence-electron chi connectivity index (χ0n) is 19.6. The summed E-state index contributed by atoms with van der Waals surface area (Å²) in [6, 6.07) is 0.0600. The molecule has 1 aliphatic heterocycles. The third-order valence-corrected chi connectivity index (χ3v) is 4.88. The summed E-state index contributed by atoms with van der Waals surface area (Å²) in [6.07, 6.45) is 8.56. The number of aliphatic imine (C=N–C) groups is 1. The van der Waals surface area contributed by atoms with Crippen LogP contribution in [0.2, 0.25) is 0 Å². The van der Waals surface area contributed by atoms with E-state index in [9.17, 15) is 4.79 Å². The molecule has 1 heterocycles. The number of hydrogen-bond acceptors (Lipinski definition) is 4. The lowest BCUT2D eigenvalue weighted by atomic mass is 9.98. The Hall–Kier alpha value is -2.30. The Morgan fingerprint density at radius 3 is 2.41 bits per heavy atom. The minimum atomic E-state index is -0.485. The summed E-state index contributed by atoms with van der Waals surface area (Å²) in [7, 11) is 0. The molecular formula is C24H39N3O2. The molecule has 162 valence electrons. The van der Waals surface area contributed by atoms with E-state index in [1.807, 2.05) is 57.9 Å². The molecule has 29 heavy (non-hydrogen) atoms. The van der Waals surface area contributed by atoms with Gasteiger partial charge in [0.1, 0.15) is 5.60 Å². The van der Waals surface area contributed by atoms with Gasteiger partial charge in [-0.05, 0) is 60.5 Å². The SMILES string of the molecule is C=CC(=C/C)/C(C(/C)=N/C=C/CC)=C(/C)N1CCN(C(=O)OC(C)(C)C)C(C)C1. The highest BCUT2D eigenvalue weighted by Crippen LogP contribution is 2.24. The molecule has 0 aromatic heterocycles. The van der Waals surface area contributed by atoms with E-state index in [0.29, 0.717) is 6.54 Å². The number of allylic oxidation sites excluding steroid dienone is 6. The maximum absolute atomic E-state index is 12.5. The molecule has 0 radical (unpaired) electrons. The molecule has 5 nitrogen and oxygen atoms in total. The topological polar surface area (TPSA) is 45.1 Å². The number of amides is 1. The fraction of sp³-hybridized carbons (Fsp3) is 0.583. The monoisotopic (exact) mass is 401 g/mol. The normalized spacial score (nSPS) is 20.1. The molecule has 0 bridgehead atoms. The lowest BCUT2D eigenvalue weighted by molar-refractivity contribution is 0.00495. The van der Waals surface area contributed by atoms with Crippen molar-refractivity contribution in [3.05, 3.63) is 47.9 Å². The molecule has 1 unspecified atom stereocenters. The second-order valence-corrected chi connectivity index (χ2v) is 8.38. The van der Waals surface area contributed by atoms with Crippen molar-refractivity contribution in [2.24, 2.45) is 4.99 Å². The molecule has 0 spiro atoms. The van der Waals surface area contributed by atoms with Crippen LogP contribution in [-0.2, 0) is 4.74 Å². The van der Waals surface area contributed by atoms with Crippen LogP contribution in [0, 0.1) is 0 Å². The standard InChI is InChI=1S/C24H39N3O2/c1-10-13-14-25-19(5)22(21(11-2)12-3)20(6)26-15-16-27(18(4)17-26)23(28)29-24(7,8)9/h11-14,18H,2,10,15-17H2,1,3-9H3/b14-13+,21-12-,22-20-,25-19+. The van der Waals surface area contributed by atoms with Crippen molar-refractivity contribution in [1.29, 1.82) is 0 Å². The maximum Gasteiger partial charge on any atom is 0.410 e. The Morgan fingerprint density at radius 2 is 1.93 bits per heavy atom. The van der Waals surface area contributed by atoms with Gasteiger partial charge in [-0.25, -0.2) is 4.79 Å². The first-order valence-electron chi connectivity index (χ1n) is 10.5. The van der Waals surface area contributed by atoms with Crippen LogP contribution in [0.4, 0.5) is 4.79 Å². The average molecular weight is 402 g/mol. The van der Waals surface area contributed by atoms with Gasteiger partial charge in [-0.15, -0.1) is 0 Å². The molecule has 0 saturated carbocycles. The third-order valence-electron chi connectivity index (χ3n) is 4.88. The molecule has 1 saturated heterocycles. The second kappa shape index (κ2) is 11.0. The van der Waals surface area contributed by atoms with Crippen LogP contribution >= 0.6 is 0 Å². The highest BCUT2D eigenvalue weighted by molar-refractivity contribution is 6.03. The van der Waals surface area contributed by atoms with Gasteiger partial charge in [0.05, 0.1) is 0 Å². The van der Waals surface area contributed by atoms with Gasteiger partial charge in [0.15, 0.2) is 0 Å². The van der Waals surface area contributed by atoms with Crippen LogP contribution in [0.5, 0.6) is 0 Å². The molecule has 0 N–H and O–H groups in total. The van der Waals surface area contributed by atoms with Crippen molar-refractivity contribution < 1.29 is 9.53 Å². The fourth-order valence-corrected chi connectivity index (χ4v) is 3.39. The molecule has 0 aliphatic carbocycles. The van der Waals surface area contributed by atoms with Crippen molar-refractivity contribution in [2.75, 3.05) is 19.6 Å². The zero-order valence-corrected chi connectivity index (χ0v) is 19.6. The Morgan fingerprint density at radius 1 is 1.28 bits per heavy atom. The number of ether oxygens (including phenoxy) is 1. The van der Waals surface area contributed by atoms with Crippen LogP contribution in [0.3, 0.4) is 0 Å². The van der Waals surface area contributed by atoms with E-state index in [1.165, 1.54) is 0 Å². The molecule has 1 rings (SSSR count). The van der Waals surface area contributed by atoms with E-state index in [-0.39, 0.29) is 12.1 Å². The van der Waals surface area contributed by atoms with Crippen LogP contribution in [0.25, 0.3) is 0 Å². The Balaban J connectivity index is 3.14. The van der Waals surface area contributed by atoms with Crippen molar-refractivity contribution in [3.8, 4) is 0 Å². The number of nitrogens with zero attached hydrogens (tertiary/aromatic N) is 3. The van der Waals surface area contributed by atoms with E-state index in [2.05, 4.69) is 43.3 Å². The van der Waals surface area contributed by atoms with E-state index >= 15 is 0 Å². The predicted octanol–water partition coefficient (Wildman–Crippen LogP) is 5.72. The smallest absolute Gasteiger partial charge is 0.410 e.